The third kappa shape index (κ3) is 1.86. The molecule has 0 fully saturated rings. The molecule has 1 aliphatic heterocycles. The van der Waals surface area contributed by atoms with Crippen molar-refractivity contribution >= 4 is 0 Å². The summed E-state index contributed by atoms with van der Waals surface area (Å²) in [6, 6.07) is 6.37. The minimum atomic E-state index is -0.238. The van der Waals surface area contributed by atoms with Gasteiger partial charge in [0.15, 0.2) is 0 Å². The smallest absolute Gasteiger partial charge is 0.124 e. The van der Waals surface area contributed by atoms with Gasteiger partial charge in [-0.1, -0.05) is 19.9 Å². The van der Waals surface area contributed by atoms with Gasteiger partial charge in [-0.3, -0.25) is 0 Å². The Labute approximate surface area is 91.4 Å². The number of ether oxygens (including phenoxy) is 1. The van der Waals surface area contributed by atoms with Gasteiger partial charge in [0.25, 0.3) is 0 Å². The zero-order valence-electron chi connectivity index (χ0n) is 9.71. The molecule has 82 valence electrons. The van der Waals surface area contributed by atoms with Crippen LogP contribution in [0.4, 0.5) is 0 Å². The van der Waals surface area contributed by atoms with Gasteiger partial charge in [-0.15, -0.1) is 0 Å². The van der Waals surface area contributed by atoms with E-state index in [1.165, 1.54) is 5.56 Å². The van der Waals surface area contributed by atoms with Crippen LogP contribution in [-0.4, -0.2) is 6.61 Å². The van der Waals surface area contributed by atoms with Crippen molar-refractivity contribution in [1.29, 1.82) is 0 Å². The minimum absolute atomic E-state index is 0.238. The summed E-state index contributed by atoms with van der Waals surface area (Å²) >= 11 is 0. The molecule has 0 radical (unpaired) electrons. The number of rotatable bonds is 1. The molecule has 1 atom stereocenters. The van der Waals surface area contributed by atoms with Crippen LogP contribution in [0.1, 0.15) is 44.2 Å². The van der Waals surface area contributed by atoms with Gasteiger partial charge in [-0.05, 0) is 30.5 Å². The van der Waals surface area contributed by atoms with Crippen molar-refractivity contribution in [2.45, 2.75) is 38.6 Å². The highest BCUT2D eigenvalue weighted by atomic mass is 16.5. The van der Waals surface area contributed by atoms with Gasteiger partial charge in [0.2, 0.25) is 0 Å². The molecule has 0 spiro atoms. The van der Waals surface area contributed by atoms with Crippen molar-refractivity contribution in [3.8, 4) is 5.75 Å². The van der Waals surface area contributed by atoms with Crippen molar-refractivity contribution in [3.05, 3.63) is 29.3 Å². The van der Waals surface area contributed by atoms with Crippen molar-refractivity contribution in [2.75, 3.05) is 6.61 Å². The molecule has 0 aromatic heterocycles. The highest BCUT2D eigenvalue weighted by Crippen LogP contribution is 2.36. The van der Waals surface area contributed by atoms with E-state index < -0.39 is 0 Å². The Balaban J connectivity index is 2.49. The molecule has 1 unspecified atom stereocenters. The normalized spacial score (nSPS) is 24.9. The number of hydrogen-bond acceptors (Lipinski definition) is 2. The summed E-state index contributed by atoms with van der Waals surface area (Å²) in [5.41, 5.74) is 8.52. The Morgan fingerprint density at radius 3 is 2.80 bits per heavy atom. The van der Waals surface area contributed by atoms with Crippen LogP contribution >= 0.6 is 0 Å². The monoisotopic (exact) mass is 205 g/mol. The van der Waals surface area contributed by atoms with Crippen molar-refractivity contribution < 1.29 is 4.74 Å². The summed E-state index contributed by atoms with van der Waals surface area (Å²) in [5, 5.41) is 0. The number of benzene rings is 1. The maximum atomic E-state index is 6.28. The molecular weight excluding hydrogens is 186 g/mol. The molecule has 1 aromatic rings. The van der Waals surface area contributed by atoms with Crippen molar-refractivity contribution in [1.82, 2.24) is 0 Å². The van der Waals surface area contributed by atoms with Gasteiger partial charge in [0, 0.05) is 17.5 Å². The maximum absolute atomic E-state index is 6.28. The lowest BCUT2D eigenvalue weighted by Crippen LogP contribution is -2.38. The average molecular weight is 205 g/mol. The van der Waals surface area contributed by atoms with Gasteiger partial charge < -0.3 is 10.5 Å². The standard InChI is InChI=1S/C13H19NO/c1-9(2)10-4-5-12-11(8-10)13(3,14)6-7-15-12/h4-5,8-9H,6-7,14H2,1-3H3. The van der Waals surface area contributed by atoms with E-state index in [-0.39, 0.29) is 5.54 Å². The van der Waals surface area contributed by atoms with E-state index in [1.807, 2.05) is 0 Å². The molecule has 0 bridgehead atoms. The molecule has 2 nitrogen and oxygen atoms in total. The fraction of sp³-hybridized carbons (Fsp3) is 0.538. The van der Waals surface area contributed by atoms with Gasteiger partial charge in [-0.2, -0.15) is 0 Å². The first-order chi connectivity index (χ1) is 7.00. The summed E-state index contributed by atoms with van der Waals surface area (Å²) in [6.45, 7) is 7.19. The Morgan fingerprint density at radius 2 is 2.13 bits per heavy atom. The van der Waals surface area contributed by atoms with Gasteiger partial charge in [-0.25, -0.2) is 0 Å². The van der Waals surface area contributed by atoms with Gasteiger partial charge >= 0.3 is 0 Å². The third-order valence-corrected chi connectivity index (χ3v) is 3.16. The lowest BCUT2D eigenvalue weighted by Gasteiger charge is -2.32. The van der Waals surface area contributed by atoms with Crippen LogP contribution in [-0.2, 0) is 5.54 Å². The number of hydrogen-bond donors (Lipinski definition) is 1. The summed E-state index contributed by atoms with van der Waals surface area (Å²) in [4.78, 5) is 0. The van der Waals surface area contributed by atoms with E-state index in [0.29, 0.717) is 5.92 Å². The largest absolute Gasteiger partial charge is 0.493 e. The van der Waals surface area contributed by atoms with Crippen LogP contribution in [0.5, 0.6) is 5.75 Å². The molecule has 1 aromatic carbocycles. The summed E-state index contributed by atoms with van der Waals surface area (Å²) < 4.78 is 5.61. The van der Waals surface area contributed by atoms with E-state index in [1.54, 1.807) is 0 Å². The predicted molar refractivity (Wildman–Crippen MR) is 62.2 cm³/mol. The quantitative estimate of drug-likeness (QED) is 0.765. The summed E-state index contributed by atoms with van der Waals surface area (Å²) in [7, 11) is 0. The maximum Gasteiger partial charge on any atom is 0.124 e. The van der Waals surface area contributed by atoms with Crippen LogP contribution in [0.25, 0.3) is 0 Å². The first-order valence-corrected chi connectivity index (χ1v) is 5.57. The van der Waals surface area contributed by atoms with E-state index in [0.717, 1.165) is 24.3 Å². The molecule has 2 N–H and O–H groups in total. The average Bonchev–Trinajstić information content (AvgIpc) is 2.17. The second kappa shape index (κ2) is 3.53. The lowest BCUT2D eigenvalue weighted by molar-refractivity contribution is 0.227. The molecule has 2 rings (SSSR count). The molecular formula is C13H19NO. The minimum Gasteiger partial charge on any atom is -0.493 e. The molecule has 0 aliphatic carbocycles. The second-order valence-corrected chi connectivity index (χ2v) is 4.93. The Bertz CT molecular complexity index is 369. The SMILES string of the molecule is CC(C)c1ccc2c(c1)C(C)(N)CCO2. The topological polar surface area (TPSA) is 35.2 Å². The third-order valence-electron chi connectivity index (χ3n) is 3.16. The van der Waals surface area contributed by atoms with Gasteiger partial charge in [0.05, 0.1) is 6.61 Å². The van der Waals surface area contributed by atoms with E-state index >= 15 is 0 Å². The molecule has 0 amide bonds. The van der Waals surface area contributed by atoms with Crippen LogP contribution in [0, 0.1) is 0 Å². The fourth-order valence-corrected chi connectivity index (χ4v) is 1.99. The number of nitrogens with two attached hydrogens (primary N) is 1. The zero-order valence-corrected chi connectivity index (χ0v) is 9.71. The zero-order chi connectivity index (χ0) is 11.1. The Kier molecular flexibility index (Phi) is 2.47. The summed E-state index contributed by atoms with van der Waals surface area (Å²) in [6.07, 6.45) is 0.890. The first kappa shape index (κ1) is 10.5. The summed E-state index contributed by atoms with van der Waals surface area (Å²) in [5.74, 6) is 1.49. The molecule has 15 heavy (non-hydrogen) atoms. The molecule has 2 heteroatoms. The van der Waals surface area contributed by atoms with Crippen molar-refractivity contribution in [2.24, 2.45) is 5.73 Å². The van der Waals surface area contributed by atoms with Crippen LogP contribution in [0.2, 0.25) is 0 Å². The Hall–Kier alpha value is -1.02. The highest BCUT2D eigenvalue weighted by molar-refractivity contribution is 5.43. The predicted octanol–water partition coefficient (Wildman–Crippen LogP) is 2.77. The van der Waals surface area contributed by atoms with E-state index in [4.69, 9.17) is 10.5 Å². The Morgan fingerprint density at radius 1 is 1.40 bits per heavy atom. The van der Waals surface area contributed by atoms with Gasteiger partial charge in [0.1, 0.15) is 5.75 Å². The molecule has 0 saturated carbocycles. The lowest BCUT2D eigenvalue weighted by atomic mass is 9.85. The van der Waals surface area contributed by atoms with Crippen LogP contribution in [0.15, 0.2) is 18.2 Å². The highest BCUT2D eigenvalue weighted by Gasteiger charge is 2.29. The van der Waals surface area contributed by atoms with E-state index in [2.05, 4.69) is 39.0 Å². The molecule has 1 aliphatic rings. The number of fused-ring (bicyclic) bond motifs is 1. The van der Waals surface area contributed by atoms with Crippen LogP contribution < -0.4 is 10.5 Å². The van der Waals surface area contributed by atoms with Crippen LogP contribution in [0.3, 0.4) is 0 Å². The second-order valence-electron chi connectivity index (χ2n) is 4.93. The fourth-order valence-electron chi connectivity index (χ4n) is 1.99. The molecule has 1 heterocycles. The van der Waals surface area contributed by atoms with Crippen molar-refractivity contribution in [3.63, 3.8) is 0 Å². The molecule has 0 saturated heterocycles. The first-order valence-electron chi connectivity index (χ1n) is 5.57. The van der Waals surface area contributed by atoms with E-state index in [9.17, 15) is 0 Å².